The zero-order chi connectivity index (χ0) is 10.4. The molecule has 2 unspecified atom stereocenters. The van der Waals surface area contributed by atoms with Crippen LogP contribution in [0, 0.1) is 5.92 Å². The molecule has 0 amide bonds. The maximum atomic E-state index is 5.82. The Kier molecular flexibility index (Phi) is 5.92. The Hall–Kier alpha value is 0.280. The van der Waals surface area contributed by atoms with Crippen LogP contribution in [-0.2, 0) is 0 Å². The third kappa shape index (κ3) is 4.68. The molecular weight excluding hydrogens is 217 g/mol. The molecule has 0 aromatic rings. The molecule has 0 radical (unpaired) electrons. The molecule has 1 aliphatic rings. The maximum absolute atomic E-state index is 5.82. The van der Waals surface area contributed by atoms with Gasteiger partial charge in [-0.1, -0.05) is 43.0 Å². The summed E-state index contributed by atoms with van der Waals surface area (Å²) in [5.41, 5.74) is 1.44. The van der Waals surface area contributed by atoms with Gasteiger partial charge in [-0.25, -0.2) is 0 Å². The van der Waals surface area contributed by atoms with Crippen LogP contribution in [0.1, 0.15) is 39.0 Å². The lowest BCUT2D eigenvalue weighted by Crippen LogP contribution is -2.29. The minimum Gasteiger partial charge on any atom is -0.309 e. The average molecular weight is 236 g/mol. The van der Waals surface area contributed by atoms with Gasteiger partial charge in [0.1, 0.15) is 0 Å². The molecule has 1 nitrogen and oxygen atoms in total. The van der Waals surface area contributed by atoms with Crippen molar-refractivity contribution in [2.24, 2.45) is 5.92 Å². The highest BCUT2D eigenvalue weighted by Crippen LogP contribution is 2.22. The van der Waals surface area contributed by atoms with Crippen molar-refractivity contribution in [1.82, 2.24) is 5.32 Å². The Balaban J connectivity index is 2.24. The summed E-state index contributed by atoms with van der Waals surface area (Å²) >= 11 is 11.3. The van der Waals surface area contributed by atoms with Gasteiger partial charge >= 0.3 is 0 Å². The molecule has 3 heteroatoms. The van der Waals surface area contributed by atoms with Crippen LogP contribution < -0.4 is 5.32 Å². The van der Waals surface area contributed by atoms with Gasteiger partial charge in [0.2, 0.25) is 0 Å². The second kappa shape index (κ2) is 6.71. The van der Waals surface area contributed by atoms with Gasteiger partial charge in [0.25, 0.3) is 0 Å². The summed E-state index contributed by atoms with van der Waals surface area (Å²) in [7, 11) is 0. The SMILES string of the molecule is CC1CCCC(NC/C(Cl)=C/Cl)CC1. The van der Waals surface area contributed by atoms with Gasteiger partial charge < -0.3 is 5.32 Å². The van der Waals surface area contributed by atoms with Crippen LogP contribution in [-0.4, -0.2) is 12.6 Å². The lowest BCUT2D eigenvalue weighted by Gasteiger charge is -2.15. The van der Waals surface area contributed by atoms with E-state index in [2.05, 4.69) is 12.2 Å². The second-order valence-electron chi connectivity index (χ2n) is 4.25. The first-order valence-corrected chi connectivity index (χ1v) is 6.22. The molecule has 0 heterocycles. The molecule has 1 fully saturated rings. The third-order valence-electron chi connectivity index (χ3n) is 2.94. The minimum atomic E-state index is 0.630. The van der Waals surface area contributed by atoms with Gasteiger partial charge in [-0.15, -0.1) is 0 Å². The number of nitrogens with one attached hydrogen (secondary N) is 1. The van der Waals surface area contributed by atoms with E-state index in [9.17, 15) is 0 Å². The summed E-state index contributed by atoms with van der Waals surface area (Å²) < 4.78 is 0. The summed E-state index contributed by atoms with van der Waals surface area (Å²) in [5.74, 6) is 0.890. The Morgan fingerprint density at radius 3 is 2.86 bits per heavy atom. The van der Waals surface area contributed by atoms with Crippen LogP contribution in [0.4, 0.5) is 0 Å². The van der Waals surface area contributed by atoms with Gasteiger partial charge in [0.15, 0.2) is 0 Å². The summed E-state index contributed by atoms with van der Waals surface area (Å²) in [6.07, 6.45) is 6.59. The number of rotatable bonds is 3. The van der Waals surface area contributed by atoms with E-state index >= 15 is 0 Å². The third-order valence-corrected chi connectivity index (χ3v) is 3.55. The van der Waals surface area contributed by atoms with Gasteiger partial charge in [-0.3, -0.25) is 0 Å². The molecule has 1 aliphatic carbocycles. The molecule has 0 bridgehead atoms. The summed E-state index contributed by atoms with van der Waals surface area (Å²) in [4.78, 5) is 0. The van der Waals surface area contributed by atoms with E-state index in [1.165, 1.54) is 37.6 Å². The van der Waals surface area contributed by atoms with Crippen LogP contribution in [0.15, 0.2) is 10.6 Å². The highest BCUT2D eigenvalue weighted by atomic mass is 35.5. The zero-order valence-corrected chi connectivity index (χ0v) is 10.2. The summed E-state index contributed by atoms with van der Waals surface area (Å²) in [6.45, 7) is 3.05. The van der Waals surface area contributed by atoms with Crippen LogP contribution >= 0.6 is 23.2 Å². The van der Waals surface area contributed by atoms with E-state index in [0.717, 1.165) is 5.92 Å². The predicted molar refractivity (Wildman–Crippen MR) is 63.8 cm³/mol. The number of hydrogen-bond acceptors (Lipinski definition) is 1. The molecule has 0 aliphatic heterocycles. The summed E-state index contributed by atoms with van der Waals surface area (Å²) in [5, 5.41) is 4.15. The molecule has 0 saturated heterocycles. The van der Waals surface area contributed by atoms with E-state index in [1.807, 2.05) is 0 Å². The monoisotopic (exact) mass is 235 g/mol. The first-order valence-electron chi connectivity index (χ1n) is 5.40. The van der Waals surface area contributed by atoms with Crippen molar-refractivity contribution in [1.29, 1.82) is 0 Å². The Morgan fingerprint density at radius 1 is 1.36 bits per heavy atom. The van der Waals surface area contributed by atoms with E-state index < -0.39 is 0 Å². The zero-order valence-electron chi connectivity index (χ0n) is 8.73. The van der Waals surface area contributed by atoms with Gasteiger partial charge in [-0.05, 0) is 25.2 Å². The number of hydrogen-bond donors (Lipinski definition) is 1. The first-order chi connectivity index (χ1) is 6.72. The Morgan fingerprint density at radius 2 is 2.14 bits per heavy atom. The van der Waals surface area contributed by atoms with Gasteiger partial charge in [0, 0.05) is 23.2 Å². The van der Waals surface area contributed by atoms with Crippen LogP contribution in [0.5, 0.6) is 0 Å². The van der Waals surface area contributed by atoms with Crippen molar-refractivity contribution >= 4 is 23.2 Å². The smallest absolute Gasteiger partial charge is 0.0431 e. The molecule has 1 rings (SSSR count). The standard InChI is InChI=1S/C11H19Cl2N/c1-9-3-2-4-11(6-5-9)14-8-10(13)7-12/h7,9,11,14H,2-6,8H2,1H3/b10-7-. The average Bonchev–Trinajstić information content (AvgIpc) is 2.39. The predicted octanol–water partition coefficient (Wildman–Crippen LogP) is 3.86. The summed E-state index contributed by atoms with van der Waals surface area (Å²) in [6, 6.07) is 0.630. The van der Waals surface area contributed by atoms with Crippen molar-refractivity contribution in [3.63, 3.8) is 0 Å². The highest BCUT2D eigenvalue weighted by Gasteiger charge is 2.15. The van der Waals surface area contributed by atoms with Crippen molar-refractivity contribution in [3.8, 4) is 0 Å². The van der Waals surface area contributed by atoms with E-state index in [1.54, 1.807) is 0 Å². The van der Waals surface area contributed by atoms with Gasteiger partial charge in [0.05, 0.1) is 0 Å². The largest absolute Gasteiger partial charge is 0.309 e. The molecule has 0 aromatic carbocycles. The first kappa shape index (κ1) is 12.4. The Labute approximate surface area is 96.8 Å². The fourth-order valence-corrected chi connectivity index (χ4v) is 2.13. The van der Waals surface area contributed by atoms with Crippen molar-refractivity contribution in [2.75, 3.05) is 6.54 Å². The van der Waals surface area contributed by atoms with Crippen molar-refractivity contribution in [2.45, 2.75) is 45.1 Å². The lowest BCUT2D eigenvalue weighted by atomic mass is 10.0. The normalized spacial score (nSPS) is 30.1. The van der Waals surface area contributed by atoms with Crippen LogP contribution in [0.2, 0.25) is 0 Å². The van der Waals surface area contributed by atoms with Gasteiger partial charge in [-0.2, -0.15) is 0 Å². The Bertz CT molecular complexity index is 192. The van der Waals surface area contributed by atoms with E-state index in [-0.39, 0.29) is 0 Å². The second-order valence-corrected chi connectivity index (χ2v) is 4.95. The molecule has 2 atom stereocenters. The number of halogens is 2. The fraction of sp³-hybridized carbons (Fsp3) is 0.818. The molecular formula is C11H19Cl2N. The topological polar surface area (TPSA) is 12.0 Å². The molecule has 0 spiro atoms. The minimum absolute atomic E-state index is 0.630. The maximum Gasteiger partial charge on any atom is 0.0431 e. The van der Waals surface area contributed by atoms with Crippen LogP contribution in [0.25, 0.3) is 0 Å². The quantitative estimate of drug-likeness (QED) is 0.733. The van der Waals surface area contributed by atoms with E-state index in [0.29, 0.717) is 17.6 Å². The molecule has 1 N–H and O–H groups in total. The van der Waals surface area contributed by atoms with Crippen molar-refractivity contribution < 1.29 is 0 Å². The van der Waals surface area contributed by atoms with E-state index in [4.69, 9.17) is 23.2 Å². The van der Waals surface area contributed by atoms with Crippen molar-refractivity contribution in [3.05, 3.63) is 10.6 Å². The highest BCUT2D eigenvalue weighted by molar-refractivity contribution is 6.36. The lowest BCUT2D eigenvalue weighted by molar-refractivity contribution is 0.463. The van der Waals surface area contributed by atoms with Crippen LogP contribution in [0.3, 0.4) is 0 Å². The molecule has 82 valence electrons. The molecule has 1 saturated carbocycles. The molecule has 14 heavy (non-hydrogen) atoms. The fourth-order valence-electron chi connectivity index (χ4n) is 1.97. The molecule has 0 aromatic heterocycles.